The van der Waals surface area contributed by atoms with Gasteiger partial charge in [-0.05, 0) is 54.9 Å². The summed E-state index contributed by atoms with van der Waals surface area (Å²) in [7, 11) is 2.19. The first-order chi connectivity index (χ1) is 19.0. The van der Waals surface area contributed by atoms with Gasteiger partial charge in [-0.25, -0.2) is 0 Å². The lowest BCUT2D eigenvalue weighted by molar-refractivity contribution is -0.120. The van der Waals surface area contributed by atoms with Gasteiger partial charge in [0.2, 0.25) is 0 Å². The molecule has 2 N–H and O–H groups in total. The highest BCUT2D eigenvalue weighted by Crippen LogP contribution is 2.41. The minimum atomic E-state index is -0.246. The van der Waals surface area contributed by atoms with Crippen LogP contribution >= 0.6 is 11.3 Å². The number of thiophene rings is 1. The summed E-state index contributed by atoms with van der Waals surface area (Å²) >= 11 is 1.61. The zero-order valence-electron chi connectivity index (χ0n) is 22.2. The number of benzene rings is 2. The van der Waals surface area contributed by atoms with E-state index in [9.17, 15) is 4.79 Å². The Kier molecular flexibility index (Phi) is 7.28. The van der Waals surface area contributed by atoms with Crippen molar-refractivity contribution in [3.63, 3.8) is 0 Å². The van der Waals surface area contributed by atoms with E-state index in [4.69, 9.17) is 4.84 Å². The first kappa shape index (κ1) is 25.5. The molecule has 1 amide bonds. The molecule has 9 heteroatoms. The number of nitrogens with zero attached hydrogens (tertiary/aromatic N) is 4. The van der Waals surface area contributed by atoms with Crippen molar-refractivity contribution in [2.45, 2.75) is 19.9 Å². The van der Waals surface area contributed by atoms with Crippen molar-refractivity contribution in [2.24, 2.45) is 5.16 Å². The van der Waals surface area contributed by atoms with E-state index in [0.29, 0.717) is 0 Å². The summed E-state index contributed by atoms with van der Waals surface area (Å²) in [6, 6.07) is 18.6. The van der Waals surface area contributed by atoms with E-state index >= 15 is 0 Å². The number of hydrogen-bond acceptors (Lipinski definition) is 7. The lowest BCUT2D eigenvalue weighted by Crippen LogP contribution is -2.43. The number of anilines is 1. The third-order valence-corrected chi connectivity index (χ3v) is 8.32. The third-order valence-electron chi connectivity index (χ3n) is 7.29. The molecule has 0 radical (unpaired) electrons. The van der Waals surface area contributed by atoms with Crippen LogP contribution in [0.1, 0.15) is 27.1 Å². The van der Waals surface area contributed by atoms with Crippen molar-refractivity contribution in [2.75, 3.05) is 45.2 Å². The van der Waals surface area contributed by atoms with Gasteiger partial charge in [-0.3, -0.25) is 14.8 Å². The Bertz CT molecular complexity index is 1520. The number of rotatable bonds is 8. The van der Waals surface area contributed by atoms with Gasteiger partial charge < -0.3 is 15.1 Å². The molecule has 2 aromatic carbocycles. The summed E-state index contributed by atoms with van der Waals surface area (Å²) in [5.41, 5.74) is 9.14. The van der Waals surface area contributed by atoms with Crippen molar-refractivity contribution in [1.82, 2.24) is 20.0 Å². The molecule has 8 nitrogen and oxygen atoms in total. The van der Waals surface area contributed by atoms with Crippen LogP contribution in [-0.4, -0.2) is 72.0 Å². The predicted octanol–water partition coefficient (Wildman–Crippen LogP) is 4.75. The SMILES string of the molecule is Cc1cccc(NC(=O)CON=Cc2ccc(-c3[nH]nc4c3Cc3cc(CN5CCN(C)CC5)ccc3-4)s2)c1. The van der Waals surface area contributed by atoms with Crippen molar-refractivity contribution in [1.29, 1.82) is 0 Å². The predicted molar refractivity (Wildman–Crippen MR) is 156 cm³/mol. The fourth-order valence-electron chi connectivity index (χ4n) is 5.20. The molecule has 1 saturated heterocycles. The molecule has 1 aliphatic heterocycles. The summed E-state index contributed by atoms with van der Waals surface area (Å²) in [5.74, 6) is -0.246. The fraction of sp³-hybridized carbons (Fsp3) is 0.300. The molecular formula is C30H32N6O2S. The lowest BCUT2D eigenvalue weighted by Gasteiger charge is -2.32. The second-order valence-corrected chi connectivity index (χ2v) is 11.4. The number of aromatic amines is 1. The average molecular weight is 541 g/mol. The largest absolute Gasteiger partial charge is 0.386 e. The average Bonchev–Trinajstić information content (AvgIpc) is 3.63. The van der Waals surface area contributed by atoms with E-state index < -0.39 is 0 Å². The van der Waals surface area contributed by atoms with Gasteiger partial charge in [-0.15, -0.1) is 11.3 Å². The number of aryl methyl sites for hydroxylation is 1. The Labute approximate surface area is 232 Å². The first-order valence-corrected chi connectivity index (χ1v) is 14.1. The molecule has 2 aliphatic rings. The van der Waals surface area contributed by atoms with Crippen LogP contribution in [0.25, 0.3) is 21.8 Å². The minimum Gasteiger partial charge on any atom is -0.386 e. The highest BCUT2D eigenvalue weighted by Gasteiger charge is 2.26. The van der Waals surface area contributed by atoms with Crippen LogP contribution in [0, 0.1) is 6.92 Å². The highest BCUT2D eigenvalue weighted by atomic mass is 32.1. The number of H-pyrrole nitrogens is 1. The Morgan fingerprint density at radius 2 is 2.03 bits per heavy atom. The molecule has 1 fully saturated rings. The molecule has 6 rings (SSSR count). The lowest BCUT2D eigenvalue weighted by atomic mass is 10.0. The van der Waals surface area contributed by atoms with E-state index in [1.807, 2.05) is 37.3 Å². The van der Waals surface area contributed by atoms with Crippen LogP contribution < -0.4 is 5.32 Å². The number of nitrogens with one attached hydrogen (secondary N) is 2. The van der Waals surface area contributed by atoms with Crippen molar-refractivity contribution >= 4 is 29.1 Å². The normalized spacial score (nSPS) is 15.4. The van der Waals surface area contributed by atoms with Gasteiger partial charge in [-0.1, -0.05) is 35.5 Å². The maximum absolute atomic E-state index is 12.1. The maximum atomic E-state index is 12.1. The highest BCUT2D eigenvalue weighted by molar-refractivity contribution is 7.17. The van der Waals surface area contributed by atoms with E-state index in [1.54, 1.807) is 17.6 Å². The van der Waals surface area contributed by atoms with Crippen molar-refractivity contribution in [3.8, 4) is 21.8 Å². The van der Waals surface area contributed by atoms with Gasteiger partial charge in [0.15, 0.2) is 6.61 Å². The molecule has 1 aliphatic carbocycles. The molecule has 0 spiro atoms. The Balaban J connectivity index is 1.06. The molecule has 39 heavy (non-hydrogen) atoms. The Hall–Kier alpha value is -3.79. The van der Waals surface area contributed by atoms with Gasteiger partial charge in [0, 0.05) is 60.8 Å². The molecule has 0 saturated carbocycles. The van der Waals surface area contributed by atoms with Crippen molar-refractivity contribution < 1.29 is 9.63 Å². The van der Waals surface area contributed by atoms with Crippen LogP contribution in [0.2, 0.25) is 0 Å². The minimum absolute atomic E-state index is 0.147. The molecule has 0 atom stereocenters. The monoisotopic (exact) mass is 540 g/mol. The van der Waals surface area contributed by atoms with Crippen LogP contribution in [-0.2, 0) is 22.6 Å². The quantitative estimate of drug-likeness (QED) is 0.219. The Morgan fingerprint density at radius 3 is 2.87 bits per heavy atom. The smallest absolute Gasteiger partial charge is 0.265 e. The zero-order valence-corrected chi connectivity index (χ0v) is 23.1. The standard InChI is InChI=1S/C30H32N6O2S/c1-20-4-3-5-23(14-20)32-28(37)19-38-31-17-24-7-9-27(39-24)30-26-16-22-15-21(6-8-25(22)29(26)33-34-30)18-36-12-10-35(2)11-13-36/h3-9,14-15,17H,10-13,16,18-19H2,1-2H3,(H,32,37)(H,33,34). The van der Waals surface area contributed by atoms with Crippen LogP contribution in [0.3, 0.4) is 0 Å². The summed E-state index contributed by atoms with van der Waals surface area (Å²) in [6.07, 6.45) is 2.53. The molecule has 4 aromatic rings. The van der Waals surface area contributed by atoms with E-state index in [2.05, 4.69) is 61.8 Å². The summed E-state index contributed by atoms with van der Waals surface area (Å²) < 4.78 is 0. The van der Waals surface area contributed by atoms with E-state index in [1.165, 1.54) is 22.3 Å². The summed E-state index contributed by atoms with van der Waals surface area (Å²) in [4.78, 5) is 24.3. The molecule has 0 unspecified atom stereocenters. The van der Waals surface area contributed by atoms with E-state index in [-0.39, 0.29) is 12.5 Å². The molecule has 200 valence electrons. The first-order valence-electron chi connectivity index (χ1n) is 13.2. The number of piperazine rings is 1. The second kappa shape index (κ2) is 11.1. The molecular weight excluding hydrogens is 508 g/mol. The topological polar surface area (TPSA) is 85.8 Å². The number of carbonyl (C=O) groups excluding carboxylic acids is 1. The number of likely N-dealkylation sites (N-methyl/N-ethyl adjacent to an activating group) is 1. The fourth-order valence-corrected chi connectivity index (χ4v) is 6.10. The van der Waals surface area contributed by atoms with Gasteiger partial charge in [0.05, 0.1) is 22.5 Å². The van der Waals surface area contributed by atoms with Crippen LogP contribution in [0.4, 0.5) is 5.69 Å². The zero-order chi connectivity index (χ0) is 26.8. The van der Waals surface area contributed by atoms with Gasteiger partial charge in [-0.2, -0.15) is 5.10 Å². The second-order valence-electron chi connectivity index (χ2n) is 10.3. The maximum Gasteiger partial charge on any atom is 0.265 e. The summed E-state index contributed by atoms with van der Waals surface area (Å²) in [5, 5.41) is 14.7. The number of hydrogen-bond donors (Lipinski definition) is 2. The van der Waals surface area contributed by atoms with Gasteiger partial charge >= 0.3 is 0 Å². The van der Waals surface area contributed by atoms with Crippen LogP contribution in [0.15, 0.2) is 59.8 Å². The van der Waals surface area contributed by atoms with Gasteiger partial charge in [0.1, 0.15) is 0 Å². The number of carbonyl (C=O) groups is 1. The third kappa shape index (κ3) is 5.80. The number of fused-ring (bicyclic) bond motifs is 3. The van der Waals surface area contributed by atoms with E-state index in [0.717, 1.165) is 71.5 Å². The van der Waals surface area contributed by atoms with Gasteiger partial charge in [0.25, 0.3) is 5.91 Å². The van der Waals surface area contributed by atoms with Crippen LogP contribution in [0.5, 0.6) is 0 Å². The molecule has 0 bridgehead atoms. The molecule has 2 aromatic heterocycles. The molecule has 3 heterocycles. The number of oxime groups is 1. The number of aromatic nitrogens is 2. The summed E-state index contributed by atoms with van der Waals surface area (Å²) in [6.45, 7) is 7.34. The Morgan fingerprint density at radius 1 is 1.15 bits per heavy atom. The number of amides is 1. The van der Waals surface area contributed by atoms with Crippen molar-refractivity contribution in [3.05, 3.63) is 81.7 Å².